The minimum Gasteiger partial charge on any atom is -0.488 e. The van der Waals surface area contributed by atoms with Crippen LogP contribution >= 0.6 is 0 Å². The highest BCUT2D eigenvalue weighted by Crippen LogP contribution is 2.30. The molecule has 3 aromatic rings. The zero-order valence-electron chi connectivity index (χ0n) is 26.4. The molecule has 0 bridgehead atoms. The van der Waals surface area contributed by atoms with E-state index in [9.17, 15) is 19.5 Å². The Balaban J connectivity index is 1.35. The van der Waals surface area contributed by atoms with Crippen LogP contribution in [0.15, 0.2) is 60.7 Å². The van der Waals surface area contributed by atoms with Gasteiger partial charge in [0, 0.05) is 42.2 Å². The number of urea groups is 2. The third kappa shape index (κ3) is 8.05. The number of aliphatic hydroxyl groups excluding tert-OH is 1. The molecule has 1 heterocycles. The third-order valence-electron chi connectivity index (χ3n) is 8.95. The third-order valence-corrected chi connectivity index (χ3v) is 8.95. The SMILES string of the molecule is C[C@H](CO)N1C[C@H](C)[C@@H](CN(C)C(=O)NC2CCCCC2)Oc2ccc(NC(=O)Nc3cccc4ccccc34)cc2CC1=O. The molecule has 3 aromatic carbocycles. The maximum absolute atomic E-state index is 13.6. The van der Waals surface area contributed by atoms with E-state index in [1.54, 1.807) is 35.0 Å². The van der Waals surface area contributed by atoms with Crippen LogP contribution in [0, 0.1) is 5.92 Å². The van der Waals surface area contributed by atoms with E-state index in [0.29, 0.717) is 35.8 Å². The van der Waals surface area contributed by atoms with E-state index in [-0.39, 0.29) is 43.0 Å². The Morgan fingerprint density at radius 3 is 2.58 bits per heavy atom. The van der Waals surface area contributed by atoms with Gasteiger partial charge < -0.3 is 35.6 Å². The lowest BCUT2D eigenvalue weighted by molar-refractivity contribution is -0.134. The van der Waals surface area contributed by atoms with E-state index in [4.69, 9.17) is 4.74 Å². The molecule has 45 heavy (non-hydrogen) atoms. The van der Waals surface area contributed by atoms with E-state index in [2.05, 4.69) is 16.0 Å². The normalized spacial score (nSPS) is 19.7. The lowest BCUT2D eigenvalue weighted by Crippen LogP contribution is -2.50. The Hall–Kier alpha value is -4.31. The molecule has 0 aromatic heterocycles. The number of likely N-dealkylation sites (N-methyl/N-ethyl adjacent to an activating group) is 1. The van der Waals surface area contributed by atoms with E-state index >= 15 is 0 Å². The predicted octanol–water partition coefficient (Wildman–Crippen LogP) is 5.61. The molecule has 0 unspecified atom stereocenters. The molecule has 10 nitrogen and oxygen atoms in total. The van der Waals surface area contributed by atoms with E-state index in [1.807, 2.05) is 56.3 Å². The number of carbonyl (C=O) groups is 3. The molecule has 1 fully saturated rings. The molecule has 1 aliphatic heterocycles. The lowest BCUT2D eigenvalue weighted by Gasteiger charge is -2.34. The van der Waals surface area contributed by atoms with Gasteiger partial charge in [0.05, 0.1) is 31.3 Å². The van der Waals surface area contributed by atoms with Gasteiger partial charge in [0.2, 0.25) is 5.91 Å². The molecule has 10 heteroatoms. The number of nitrogens with zero attached hydrogens (tertiary/aromatic N) is 2. The van der Waals surface area contributed by atoms with Crippen molar-refractivity contribution < 1.29 is 24.2 Å². The topological polar surface area (TPSA) is 123 Å². The molecule has 4 N–H and O–H groups in total. The van der Waals surface area contributed by atoms with E-state index in [1.165, 1.54) is 6.42 Å². The lowest BCUT2D eigenvalue weighted by atomic mass is 9.96. The highest BCUT2D eigenvalue weighted by molar-refractivity contribution is 6.06. The van der Waals surface area contributed by atoms with Crippen molar-refractivity contribution in [1.82, 2.24) is 15.1 Å². The average molecular weight is 616 g/mol. The van der Waals surface area contributed by atoms with Crippen molar-refractivity contribution in [2.75, 3.05) is 37.4 Å². The van der Waals surface area contributed by atoms with Gasteiger partial charge in [0.1, 0.15) is 11.9 Å². The van der Waals surface area contributed by atoms with Crippen LogP contribution in [0.3, 0.4) is 0 Å². The molecule has 5 rings (SSSR count). The number of amides is 5. The summed E-state index contributed by atoms with van der Waals surface area (Å²) >= 11 is 0. The minimum absolute atomic E-state index is 0.0393. The Bertz CT molecular complexity index is 1500. The Kier molecular flexibility index (Phi) is 10.4. The van der Waals surface area contributed by atoms with Crippen molar-refractivity contribution in [3.63, 3.8) is 0 Å². The fraction of sp³-hybridized carbons (Fsp3) is 0.457. The largest absolute Gasteiger partial charge is 0.488 e. The second kappa shape index (κ2) is 14.6. The fourth-order valence-corrected chi connectivity index (χ4v) is 6.23. The van der Waals surface area contributed by atoms with E-state index < -0.39 is 12.1 Å². The highest BCUT2D eigenvalue weighted by Gasteiger charge is 2.32. The van der Waals surface area contributed by atoms with Crippen LogP contribution in [0.2, 0.25) is 0 Å². The number of carbonyl (C=O) groups excluding carboxylic acids is 3. The van der Waals surface area contributed by atoms with Gasteiger partial charge >= 0.3 is 12.1 Å². The number of hydrogen-bond acceptors (Lipinski definition) is 5. The van der Waals surface area contributed by atoms with Crippen LogP contribution in [0.25, 0.3) is 10.8 Å². The molecule has 3 atom stereocenters. The van der Waals surface area contributed by atoms with Crippen LogP contribution in [0.5, 0.6) is 5.75 Å². The quantitative estimate of drug-likeness (QED) is 0.275. The Morgan fingerprint density at radius 1 is 1.04 bits per heavy atom. The van der Waals surface area contributed by atoms with Crippen LogP contribution in [-0.4, -0.2) is 77.8 Å². The molecule has 240 valence electrons. The van der Waals surface area contributed by atoms with Gasteiger partial charge in [-0.05, 0) is 49.4 Å². The van der Waals surface area contributed by atoms with E-state index in [0.717, 1.165) is 36.5 Å². The summed E-state index contributed by atoms with van der Waals surface area (Å²) in [5, 5.41) is 20.9. The zero-order chi connectivity index (χ0) is 31.9. The molecule has 5 amide bonds. The summed E-state index contributed by atoms with van der Waals surface area (Å²) < 4.78 is 6.56. The predicted molar refractivity (Wildman–Crippen MR) is 177 cm³/mol. The summed E-state index contributed by atoms with van der Waals surface area (Å²) in [5.41, 5.74) is 1.82. The smallest absolute Gasteiger partial charge is 0.323 e. The second-order valence-corrected chi connectivity index (χ2v) is 12.5. The number of anilines is 2. The summed E-state index contributed by atoms with van der Waals surface area (Å²) in [6.45, 7) is 4.34. The number of aliphatic hydroxyl groups is 1. The van der Waals surface area contributed by atoms with Gasteiger partial charge in [-0.3, -0.25) is 4.79 Å². The summed E-state index contributed by atoms with van der Waals surface area (Å²) in [4.78, 5) is 43.0. The second-order valence-electron chi connectivity index (χ2n) is 12.5. The molecule has 2 aliphatic rings. The fourth-order valence-electron chi connectivity index (χ4n) is 6.23. The summed E-state index contributed by atoms with van der Waals surface area (Å²) in [7, 11) is 1.77. The van der Waals surface area contributed by atoms with Crippen molar-refractivity contribution in [3.8, 4) is 5.75 Å². The molecule has 0 spiro atoms. The molecular formula is C35H45N5O5. The minimum atomic E-state index is -0.418. The van der Waals surface area contributed by atoms with Gasteiger partial charge in [0.25, 0.3) is 0 Å². The van der Waals surface area contributed by atoms with Gasteiger partial charge in [-0.1, -0.05) is 62.6 Å². The van der Waals surface area contributed by atoms with Gasteiger partial charge in [-0.2, -0.15) is 0 Å². The van der Waals surface area contributed by atoms with Gasteiger partial charge in [-0.25, -0.2) is 9.59 Å². The van der Waals surface area contributed by atoms with Crippen molar-refractivity contribution in [3.05, 3.63) is 66.2 Å². The number of rotatable bonds is 7. The first-order valence-electron chi connectivity index (χ1n) is 16.0. The summed E-state index contributed by atoms with van der Waals surface area (Å²) in [5.74, 6) is 0.248. The zero-order valence-corrected chi connectivity index (χ0v) is 26.4. The van der Waals surface area contributed by atoms with Crippen LogP contribution in [-0.2, 0) is 11.2 Å². The van der Waals surface area contributed by atoms with Crippen molar-refractivity contribution >= 4 is 40.1 Å². The number of fused-ring (bicyclic) bond motifs is 2. The molecule has 0 radical (unpaired) electrons. The molecule has 0 saturated heterocycles. The molecule has 1 saturated carbocycles. The summed E-state index contributed by atoms with van der Waals surface area (Å²) in [6, 6.07) is 18.1. The maximum atomic E-state index is 13.6. The monoisotopic (exact) mass is 615 g/mol. The first-order chi connectivity index (χ1) is 21.7. The Labute approximate surface area is 265 Å². The summed E-state index contributed by atoms with van der Waals surface area (Å²) in [6.07, 6.45) is 5.08. The molecular weight excluding hydrogens is 570 g/mol. The van der Waals surface area contributed by atoms with Crippen molar-refractivity contribution in [2.45, 2.75) is 70.6 Å². The number of nitrogens with one attached hydrogen (secondary N) is 3. The maximum Gasteiger partial charge on any atom is 0.323 e. The van der Waals surface area contributed by atoms with Crippen molar-refractivity contribution in [1.29, 1.82) is 0 Å². The van der Waals surface area contributed by atoms with Crippen LogP contribution in [0.4, 0.5) is 21.0 Å². The standard InChI is InChI=1S/C35H45N5O5/c1-23-20-40(24(2)22-41)33(42)19-26-18-28(36-34(43)38-30-15-9-11-25-10-7-8-14-29(25)30)16-17-31(26)45-32(23)21-39(3)35(44)37-27-12-5-4-6-13-27/h7-11,14-18,23-24,27,32,41H,4-6,12-13,19-22H2,1-3H3,(H,37,44)(H2,36,38,43)/t23-,24+,32+/m0/s1. The van der Waals surface area contributed by atoms with Crippen LogP contribution in [0.1, 0.15) is 51.5 Å². The highest BCUT2D eigenvalue weighted by atomic mass is 16.5. The first-order valence-corrected chi connectivity index (χ1v) is 16.0. The van der Waals surface area contributed by atoms with Gasteiger partial charge in [0.15, 0.2) is 0 Å². The van der Waals surface area contributed by atoms with Crippen LogP contribution < -0.4 is 20.7 Å². The Morgan fingerprint density at radius 2 is 1.80 bits per heavy atom. The number of hydrogen-bond donors (Lipinski definition) is 4. The number of benzene rings is 3. The average Bonchev–Trinajstić information content (AvgIpc) is 3.08. The van der Waals surface area contributed by atoms with Crippen molar-refractivity contribution in [2.24, 2.45) is 5.92 Å². The molecule has 1 aliphatic carbocycles. The first kappa shape index (κ1) is 32.1. The number of ether oxygens (including phenoxy) is 1. The van der Waals surface area contributed by atoms with Gasteiger partial charge in [-0.15, -0.1) is 0 Å².